The van der Waals surface area contributed by atoms with Gasteiger partial charge in [0, 0.05) is 5.02 Å². The van der Waals surface area contributed by atoms with E-state index in [1.807, 2.05) is 0 Å². The van der Waals surface area contributed by atoms with Gasteiger partial charge in [-0.1, -0.05) is 23.2 Å². The number of sulfone groups is 1. The van der Waals surface area contributed by atoms with Crippen LogP contribution in [0, 0.1) is 0 Å². The first-order chi connectivity index (χ1) is 9.19. The van der Waals surface area contributed by atoms with E-state index in [0.29, 0.717) is 0 Å². The van der Waals surface area contributed by atoms with Crippen LogP contribution in [0.4, 0.5) is 0 Å². The van der Waals surface area contributed by atoms with E-state index in [0.717, 1.165) is 6.07 Å². The lowest BCUT2D eigenvalue weighted by Gasteiger charge is -2.18. The van der Waals surface area contributed by atoms with Crippen LogP contribution in [-0.2, 0) is 9.84 Å². The summed E-state index contributed by atoms with van der Waals surface area (Å²) in [4.78, 5) is 11.1. The molecular formula is C11H10Cl2O6S. The van der Waals surface area contributed by atoms with E-state index in [-0.39, 0.29) is 21.4 Å². The third-order valence-electron chi connectivity index (χ3n) is 2.78. The molecule has 1 aromatic rings. The SMILES string of the molecule is O=C(O)c1cc(Cl)cc(Cl)c1OC1CS(=O)(=O)CC1O. The lowest BCUT2D eigenvalue weighted by molar-refractivity contribution is 0.0636. The second kappa shape index (κ2) is 5.40. The quantitative estimate of drug-likeness (QED) is 0.858. The Bertz CT molecular complexity index is 657. The van der Waals surface area contributed by atoms with Gasteiger partial charge in [0.25, 0.3) is 0 Å². The average molecular weight is 341 g/mol. The normalized spacial score (nSPS) is 24.6. The van der Waals surface area contributed by atoms with Crippen molar-refractivity contribution in [3.8, 4) is 5.75 Å². The Morgan fingerprint density at radius 2 is 1.95 bits per heavy atom. The standard InChI is InChI=1S/C11H10Cl2O6S/c12-5-1-6(11(15)16)10(7(13)2-5)19-9-4-20(17,18)3-8(9)14/h1-2,8-9,14H,3-4H2,(H,15,16). The molecule has 0 saturated carbocycles. The van der Waals surface area contributed by atoms with Crippen molar-refractivity contribution in [2.45, 2.75) is 12.2 Å². The van der Waals surface area contributed by atoms with E-state index in [2.05, 4.69) is 0 Å². The Labute approximate surface area is 124 Å². The summed E-state index contributed by atoms with van der Waals surface area (Å²) in [5, 5.41) is 18.8. The molecule has 0 spiro atoms. The third-order valence-corrected chi connectivity index (χ3v) is 4.96. The smallest absolute Gasteiger partial charge is 0.339 e. The fourth-order valence-electron chi connectivity index (χ4n) is 1.90. The van der Waals surface area contributed by atoms with Gasteiger partial charge in [-0.3, -0.25) is 0 Å². The molecule has 0 aliphatic carbocycles. The number of carboxylic acids is 1. The average Bonchev–Trinajstić information content (AvgIpc) is 2.54. The second-order valence-corrected chi connectivity index (χ2v) is 7.37. The highest BCUT2D eigenvalue weighted by Crippen LogP contribution is 2.34. The zero-order valence-electron chi connectivity index (χ0n) is 9.92. The molecule has 2 N–H and O–H groups in total. The van der Waals surface area contributed by atoms with Crippen molar-refractivity contribution in [2.24, 2.45) is 0 Å². The fraction of sp³-hybridized carbons (Fsp3) is 0.364. The molecule has 1 aliphatic rings. The predicted molar refractivity (Wildman–Crippen MR) is 72.5 cm³/mol. The molecule has 0 bridgehead atoms. The highest BCUT2D eigenvalue weighted by atomic mass is 35.5. The van der Waals surface area contributed by atoms with E-state index < -0.39 is 39.5 Å². The van der Waals surface area contributed by atoms with E-state index in [1.165, 1.54) is 6.07 Å². The van der Waals surface area contributed by atoms with Crippen molar-refractivity contribution in [3.63, 3.8) is 0 Å². The molecule has 0 radical (unpaired) electrons. The van der Waals surface area contributed by atoms with Gasteiger partial charge >= 0.3 is 5.97 Å². The summed E-state index contributed by atoms with van der Waals surface area (Å²) >= 11 is 11.6. The minimum absolute atomic E-state index is 0.0635. The summed E-state index contributed by atoms with van der Waals surface area (Å²) in [6.45, 7) is 0. The summed E-state index contributed by atoms with van der Waals surface area (Å²) in [5.41, 5.74) is -0.293. The zero-order chi connectivity index (χ0) is 15.1. The molecule has 1 heterocycles. The Kier molecular flexibility index (Phi) is 4.15. The zero-order valence-corrected chi connectivity index (χ0v) is 12.2. The summed E-state index contributed by atoms with van der Waals surface area (Å²) in [5.74, 6) is -2.35. The minimum atomic E-state index is -3.41. The first kappa shape index (κ1) is 15.4. The lowest BCUT2D eigenvalue weighted by atomic mass is 10.2. The van der Waals surface area contributed by atoms with Gasteiger partial charge in [0.1, 0.15) is 17.8 Å². The number of carboxylic acid groups (broad SMARTS) is 1. The topological polar surface area (TPSA) is 101 Å². The number of aliphatic hydroxyl groups excluding tert-OH is 1. The number of aromatic carboxylic acids is 1. The first-order valence-corrected chi connectivity index (χ1v) is 8.05. The number of hydrogen-bond donors (Lipinski definition) is 2. The second-order valence-electron chi connectivity index (χ2n) is 4.37. The van der Waals surface area contributed by atoms with Crippen LogP contribution in [0.1, 0.15) is 10.4 Å². The first-order valence-electron chi connectivity index (χ1n) is 5.47. The molecule has 20 heavy (non-hydrogen) atoms. The van der Waals surface area contributed by atoms with Crippen LogP contribution in [0.15, 0.2) is 12.1 Å². The van der Waals surface area contributed by atoms with Crippen LogP contribution in [0.3, 0.4) is 0 Å². The van der Waals surface area contributed by atoms with Crippen molar-refractivity contribution >= 4 is 39.0 Å². The molecule has 9 heteroatoms. The van der Waals surface area contributed by atoms with Crippen LogP contribution < -0.4 is 4.74 Å². The summed E-state index contributed by atoms with van der Waals surface area (Å²) < 4.78 is 28.1. The van der Waals surface area contributed by atoms with E-state index in [9.17, 15) is 18.3 Å². The number of carbonyl (C=O) groups is 1. The van der Waals surface area contributed by atoms with Crippen molar-refractivity contribution in [2.75, 3.05) is 11.5 Å². The molecule has 110 valence electrons. The number of rotatable bonds is 3. The summed E-state index contributed by atoms with van der Waals surface area (Å²) in [7, 11) is -3.41. The molecule has 1 aliphatic heterocycles. The van der Waals surface area contributed by atoms with Crippen molar-refractivity contribution in [1.29, 1.82) is 0 Å². The van der Waals surface area contributed by atoms with Gasteiger partial charge in [-0.15, -0.1) is 0 Å². The van der Waals surface area contributed by atoms with Gasteiger partial charge in [0.15, 0.2) is 15.6 Å². The summed E-state index contributed by atoms with van der Waals surface area (Å²) in [6.07, 6.45) is -2.29. The van der Waals surface area contributed by atoms with Crippen molar-refractivity contribution < 1.29 is 28.2 Å². The van der Waals surface area contributed by atoms with Crippen LogP contribution in [0.25, 0.3) is 0 Å². The molecule has 0 aromatic heterocycles. The number of halogens is 2. The van der Waals surface area contributed by atoms with Gasteiger partial charge in [0.05, 0.1) is 16.5 Å². The molecule has 2 rings (SSSR count). The Morgan fingerprint density at radius 1 is 1.30 bits per heavy atom. The molecule has 0 amide bonds. The number of ether oxygens (including phenoxy) is 1. The van der Waals surface area contributed by atoms with Gasteiger partial charge in [-0.2, -0.15) is 0 Å². The lowest BCUT2D eigenvalue weighted by Crippen LogP contribution is -2.30. The molecule has 1 saturated heterocycles. The maximum atomic E-state index is 11.4. The Morgan fingerprint density at radius 3 is 2.45 bits per heavy atom. The number of aliphatic hydroxyl groups is 1. The molecule has 2 atom stereocenters. The highest BCUT2D eigenvalue weighted by molar-refractivity contribution is 7.91. The minimum Gasteiger partial charge on any atom is -0.484 e. The van der Waals surface area contributed by atoms with E-state index in [4.69, 9.17) is 33.0 Å². The van der Waals surface area contributed by atoms with Crippen molar-refractivity contribution in [3.05, 3.63) is 27.7 Å². The fourth-order valence-corrected chi connectivity index (χ4v) is 4.10. The largest absolute Gasteiger partial charge is 0.484 e. The van der Waals surface area contributed by atoms with Crippen LogP contribution in [-0.4, -0.2) is 48.3 Å². The molecular weight excluding hydrogens is 331 g/mol. The number of benzene rings is 1. The van der Waals surface area contributed by atoms with Crippen LogP contribution >= 0.6 is 23.2 Å². The van der Waals surface area contributed by atoms with Gasteiger partial charge in [-0.25, -0.2) is 13.2 Å². The highest BCUT2D eigenvalue weighted by Gasteiger charge is 2.39. The van der Waals surface area contributed by atoms with Gasteiger partial charge < -0.3 is 14.9 Å². The van der Waals surface area contributed by atoms with Crippen molar-refractivity contribution in [1.82, 2.24) is 0 Å². The monoisotopic (exact) mass is 340 g/mol. The molecule has 1 fully saturated rings. The maximum Gasteiger partial charge on any atom is 0.339 e. The van der Waals surface area contributed by atoms with Crippen LogP contribution in [0.2, 0.25) is 10.0 Å². The molecule has 6 nitrogen and oxygen atoms in total. The Balaban J connectivity index is 2.37. The predicted octanol–water partition coefficient (Wildman–Crippen LogP) is 1.23. The maximum absolute atomic E-state index is 11.4. The third kappa shape index (κ3) is 3.17. The molecule has 2 unspecified atom stereocenters. The summed E-state index contributed by atoms with van der Waals surface area (Å²) in [6, 6.07) is 2.42. The van der Waals surface area contributed by atoms with Gasteiger partial charge in [0.2, 0.25) is 0 Å². The van der Waals surface area contributed by atoms with Gasteiger partial charge in [-0.05, 0) is 12.1 Å². The Hall–Kier alpha value is -1.02. The van der Waals surface area contributed by atoms with E-state index in [1.54, 1.807) is 0 Å². The molecule has 1 aromatic carbocycles. The van der Waals surface area contributed by atoms with Crippen LogP contribution in [0.5, 0.6) is 5.75 Å². The number of hydrogen-bond acceptors (Lipinski definition) is 5. The van der Waals surface area contributed by atoms with E-state index >= 15 is 0 Å².